The summed E-state index contributed by atoms with van der Waals surface area (Å²) < 4.78 is 51.5. The fourth-order valence-corrected chi connectivity index (χ4v) is 2.61. The summed E-state index contributed by atoms with van der Waals surface area (Å²) >= 11 is 0. The van der Waals surface area contributed by atoms with Gasteiger partial charge in [-0.15, -0.1) is 0 Å². The molecule has 0 aromatic heterocycles. The molecule has 1 fully saturated rings. The molecule has 0 bridgehead atoms. The minimum Gasteiger partial charge on any atom is -0.506 e. The smallest absolute Gasteiger partial charge is 0.419 e. The number of likely N-dealkylation sites (tertiary alicyclic amines) is 1. The normalized spacial score (nSPS) is 15.8. The first-order valence-corrected chi connectivity index (χ1v) is 7.45. The fraction of sp³-hybridized carbons (Fsp3) is 0.375. The van der Waals surface area contributed by atoms with Crippen molar-refractivity contribution in [3.63, 3.8) is 0 Å². The average molecular weight is 360 g/mol. The lowest BCUT2D eigenvalue weighted by molar-refractivity contribution is -0.140. The highest BCUT2D eigenvalue weighted by atomic mass is 19.4. The fourth-order valence-electron chi connectivity index (χ4n) is 2.61. The van der Waals surface area contributed by atoms with E-state index in [9.17, 15) is 32.3 Å². The van der Waals surface area contributed by atoms with Crippen molar-refractivity contribution in [2.75, 3.05) is 18.4 Å². The number of phenolic OH excluding ortho intramolecular Hbond substituents is 1. The quantitative estimate of drug-likeness (QED) is 0.495. The summed E-state index contributed by atoms with van der Waals surface area (Å²) in [5, 5.41) is 11.8. The van der Waals surface area contributed by atoms with Crippen LogP contribution in [0.3, 0.4) is 0 Å². The number of hydrogen-bond acceptors (Lipinski definition) is 3. The second-order valence-electron chi connectivity index (χ2n) is 5.64. The Hall–Kier alpha value is -2.58. The molecule has 5 nitrogen and oxygen atoms in total. The minimum atomic E-state index is -4.95. The predicted molar refractivity (Wildman–Crippen MR) is 81.2 cm³/mol. The topological polar surface area (TPSA) is 69.6 Å². The number of anilines is 1. The number of aromatic hydroxyl groups is 1. The Kier molecular flexibility index (Phi) is 5.34. The van der Waals surface area contributed by atoms with Crippen LogP contribution in [0.5, 0.6) is 5.75 Å². The Balaban J connectivity index is 2.09. The molecule has 9 heteroatoms. The van der Waals surface area contributed by atoms with Crippen LogP contribution in [0.1, 0.15) is 18.4 Å². The molecule has 136 valence electrons. The summed E-state index contributed by atoms with van der Waals surface area (Å²) in [6.45, 7) is 3.99. The van der Waals surface area contributed by atoms with E-state index in [1.165, 1.54) is 4.90 Å². The molecule has 1 aliphatic heterocycles. The molecule has 0 saturated carbocycles. The van der Waals surface area contributed by atoms with E-state index in [1.54, 1.807) is 0 Å². The third-order valence-corrected chi connectivity index (χ3v) is 4.00. The molecular weight excluding hydrogens is 344 g/mol. The molecule has 2 N–H and O–H groups in total. The maximum absolute atomic E-state index is 13.3. The zero-order valence-corrected chi connectivity index (χ0v) is 13.1. The number of carbonyl (C=O) groups excluding carboxylic acids is 2. The molecule has 1 aromatic carbocycles. The molecule has 1 saturated heterocycles. The number of rotatable bonds is 3. The second-order valence-corrected chi connectivity index (χ2v) is 5.64. The molecule has 0 unspecified atom stereocenters. The first-order chi connectivity index (χ1) is 11.6. The van der Waals surface area contributed by atoms with Crippen molar-refractivity contribution in [1.82, 2.24) is 4.90 Å². The molecule has 2 rings (SSSR count). The number of phenols is 1. The summed E-state index contributed by atoms with van der Waals surface area (Å²) in [6.07, 6.45) is -3.15. The number of benzene rings is 1. The highest BCUT2D eigenvalue weighted by Crippen LogP contribution is 2.37. The van der Waals surface area contributed by atoms with Crippen molar-refractivity contribution in [2.45, 2.75) is 19.0 Å². The van der Waals surface area contributed by atoms with Crippen LogP contribution >= 0.6 is 0 Å². The number of alkyl halides is 3. The molecule has 1 aliphatic rings. The van der Waals surface area contributed by atoms with Gasteiger partial charge in [-0.3, -0.25) is 9.59 Å². The van der Waals surface area contributed by atoms with Gasteiger partial charge >= 0.3 is 6.18 Å². The van der Waals surface area contributed by atoms with Gasteiger partial charge in [0.1, 0.15) is 11.6 Å². The lowest BCUT2D eigenvalue weighted by Crippen LogP contribution is -2.40. The van der Waals surface area contributed by atoms with E-state index < -0.39 is 40.8 Å². The molecule has 0 spiro atoms. The van der Waals surface area contributed by atoms with Crippen LogP contribution in [0.15, 0.2) is 24.8 Å². The van der Waals surface area contributed by atoms with Crippen molar-refractivity contribution < 1.29 is 32.3 Å². The molecule has 25 heavy (non-hydrogen) atoms. The maximum atomic E-state index is 13.3. The maximum Gasteiger partial charge on any atom is 0.419 e. The van der Waals surface area contributed by atoms with E-state index in [2.05, 4.69) is 11.9 Å². The number of halogens is 4. The van der Waals surface area contributed by atoms with Gasteiger partial charge in [-0.25, -0.2) is 4.39 Å². The van der Waals surface area contributed by atoms with Crippen LogP contribution in [-0.4, -0.2) is 34.9 Å². The lowest BCUT2D eigenvalue weighted by Gasteiger charge is -2.30. The molecule has 1 heterocycles. The predicted octanol–water partition coefficient (Wildman–Crippen LogP) is 2.91. The van der Waals surface area contributed by atoms with Crippen LogP contribution in [0, 0.1) is 11.7 Å². The molecule has 0 radical (unpaired) electrons. The zero-order chi connectivity index (χ0) is 18.8. The van der Waals surface area contributed by atoms with Crippen molar-refractivity contribution in [3.8, 4) is 5.75 Å². The summed E-state index contributed by atoms with van der Waals surface area (Å²) in [7, 11) is 0. The summed E-state index contributed by atoms with van der Waals surface area (Å²) in [6, 6.07) is 0.669. The van der Waals surface area contributed by atoms with Crippen LogP contribution in [0.2, 0.25) is 0 Å². The molecule has 0 aliphatic carbocycles. The molecule has 1 aromatic rings. The average Bonchev–Trinajstić information content (AvgIpc) is 2.55. The van der Waals surface area contributed by atoms with Crippen molar-refractivity contribution in [3.05, 3.63) is 36.2 Å². The first-order valence-electron chi connectivity index (χ1n) is 7.45. The SMILES string of the molecule is C=CC(=O)N1CCC(C(=O)Nc2cc(C(F)(F)F)c(F)cc2O)CC1. The van der Waals surface area contributed by atoms with Crippen LogP contribution in [0.25, 0.3) is 0 Å². The monoisotopic (exact) mass is 360 g/mol. The van der Waals surface area contributed by atoms with E-state index in [0.717, 1.165) is 6.08 Å². The van der Waals surface area contributed by atoms with E-state index in [-0.39, 0.29) is 5.91 Å². The van der Waals surface area contributed by atoms with Gasteiger partial charge in [0.2, 0.25) is 11.8 Å². The van der Waals surface area contributed by atoms with Crippen LogP contribution in [-0.2, 0) is 15.8 Å². The van der Waals surface area contributed by atoms with Gasteiger partial charge in [-0.1, -0.05) is 6.58 Å². The van der Waals surface area contributed by atoms with Gasteiger partial charge in [0.25, 0.3) is 0 Å². The highest BCUT2D eigenvalue weighted by molar-refractivity contribution is 5.94. The second kappa shape index (κ2) is 7.12. The third kappa shape index (κ3) is 4.28. The molecule has 2 amide bonds. The number of hydrogen-bond donors (Lipinski definition) is 2. The zero-order valence-electron chi connectivity index (χ0n) is 13.1. The third-order valence-electron chi connectivity index (χ3n) is 4.00. The van der Waals surface area contributed by atoms with Gasteiger partial charge < -0.3 is 15.3 Å². The number of piperidine rings is 1. The van der Waals surface area contributed by atoms with E-state index >= 15 is 0 Å². The summed E-state index contributed by atoms with van der Waals surface area (Å²) in [5.41, 5.74) is -2.09. The van der Waals surface area contributed by atoms with Crippen molar-refractivity contribution in [1.29, 1.82) is 0 Å². The standard InChI is InChI=1S/C16H16F4N2O3/c1-2-14(24)22-5-3-9(4-6-22)15(25)21-12-7-10(16(18,19)20)11(17)8-13(12)23/h2,7-9,23H,1,3-6H2,(H,21,25). The number of carbonyl (C=O) groups is 2. The van der Waals surface area contributed by atoms with Gasteiger partial charge in [0, 0.05) is 25.1 Å². The minimum absolute atomic E-state index is 0.259. The Bertz CT molecular complexity index is 695. The van der Waals surface area contributed by atoms with Gasteiger partial charge in [-0.05, 0) is 25.0 Å². The lowest BCUT2D eigenvalue weighted by atomic mass is 9.95. The Morgan fingerprint density at radius 1 is 1.28 bits per heavy atom. The van der Waals surface area contributed by atoms with E-state index in [0.29, 0.717) is 38.1 Å². The van der Waals surface area contributed by atoms with Crippen molar-refractivity contribution in [2.24, 2.45) is 5.92 Å². The van der Waals surface area contributed by atoms with Crippen LogP contribution in [0.4, 0.5) is 23.2 Å². The van der Waals surface area contributed by atoms with Gasteiger partial charge in [-0.2, -0.15) is 13.2 Å². The van der Waals surface area contributed by atoms with Crippen LogP contribution < -0.4 is 5.32 Å². The summed E-state index contributed by atoms with van der Waals surface area (Å²) in [4.78, 5) is 25.2. The number of nitrogens with one attached hydrogen (secondary N) is 1. The van der Waals surface area contributed by atoms with Gasteiger partial charge in [0.15, 0.2) is 0 Å². The highest BCUT2D eigenvalue weighted by Gasteiger charge is 2.35. The number of nitrogens with zero attached hydrogens (tertiary/aromatic N) is 1. The Morgan fingerprint density at radius 2 is 1.88 bits per heavy atom. The Labute approximate surface area is 140 Å². The number of amides is 2. The first kappa shape index (κ1) is 18.8. The van der Waals surface area contributed by atoms with Gasteiger partial charge in [0.05, 0.1) is 11.3 Å². The molecular formula is C16H16F4N2O3. The largest absolute Gasteiger partial charge is 0.506 e. The summed E-state index contributed by atoms with van der Waals surface area (Å²) in [5.74, 6) is -3.81. The molecule has 0 atom stereocenters. The van der Waals surface area contributed by atoms with Crippen molar-refractivity contribution >= 4 is 17.5 Å². The Morgan fingerprint density at radius 3 is 2.40 bits per heavy atom. The van der Waals surface area contributed by atoms with E-state index in [4.69, 9.17) is 0 Å². The van der Waals surface area contributed by atoms with E-state index in [1.807, 2.05) is 0 Å².